The monoisotopic (exact) mass is 312 g/mol. The molecule has 2 N–H and O–H groups in total. The van der Waals surface area contributed by atoms with Gasteiger partial charge in [0.05, 0.1) is 5.54 Å². The van der Waals surface area contributed by atoms with E-state index < -0.39 is 5.95 Å². The van der Waals surface area contributed by atoms with Crippen LogP contribution in [0, 0.1) is 12.9 Å². The second kappa shape index (κ2) is 5.65. The van der Waals surface area contributed by atoms with Crippen LogP contribution in [0.5, 0.6) is 0 Å². The van der Waals surface area contributed by atoms with Crippen molar-refractivity contribution in [2.75, 3.05) is 13.6 Å². The molecule has 0 amide bonds. The summed E-state index contributed by atoms with van der Waals surface area (Å²) in [6.07, 6.45) is 2.46. The third kappa shape index (κ3) is 2.91. The second-order valence-corrected chi connectivity index (χ2v) is 6.33. The summed E-state index contributed by atoms with van der Waals surface area (Å²) in [5, 5.41) is 0. The maximum absolute atomic E-state index is 13.4. The molecule has 23 heavy (non-hydrogen) atoms. The molecule has 2 aromatic rings. The van der Waals surface area contributed by atoms with E-state index >= 15 is 0 Å². The summed E-state index contributed by atoms with van der Waals surface area (Å²) in [5.41, 5.74) is 9.22. The Bertz CT molecular complexity index is 771. The van der Waals surface area contributed by atoms with Crippen LogP contribution in [0.25, 0.3) is 11.1 Å². The molecule has 120 valence electrons. The molecule has 1 atom stereocenters. The van der Waals surface area contributed by atoms with Gasteiger partial charge in [0.25, 0.3) is 0 Å². The highest BCUT2D eigenvalue weighted by Crippen LogP contribution is 2.34. The Morgan fingerprint density at radius 1 is 1.26 bits per heavy atom. The first kappa shape index (κ1) is 15.5. The third-order valence-electron chi connectivity index (χ3n) is 4.52. The minimum Gasteiger partial charge on any atom is -0.370 e. The normalized spacial score (nSPS) is 21.2. The Morgan fingerprint density at radius 3 is 2.74 bits per heavy atom. The number of guanidine groups is 1. The van der Waals surface area contributed by atoms with Gasteiger partial charge in [-0.25, -0.2) is 9.98 Å². The fourth-order valence-electron chi connectivity index (χ4n) is 2.85. The summed E-state index contributed by atoms with van der Waals surface area (Å²) in [6, 6.07) is 9.98. The minimum absolute atomic E-state index is 0.338. The van der Waals surface area contributed by atoms with Gasteiger partial charge in [-0.15, -0.1) is 0 Å². The van der Waals surface area contributed by atoms with Crippen molar-refractivity contribution in [3.8, 4) is 11.1 Å². The van der Waals surface area contributed by atoms with Crippen LogP contribution in [0.3, 0.4) is 0 Å². The lowest BCUT2D eigenvalue weighted by molar-refractivity contribution is 0.339. The van der Waals surface area contributed by atoms with Crippen LogP contribution in [0.1, 0.15) is 24.5 Å². The second-order valence-electron chi connectivity index (χ2n) is 6.33. The van der Waals surface area contributed by atoms with Crippen LogP contribution in [0.4, 0.5) is 4.39 Å². The van der Waals surface area contributed by atoms with Gasteiger partial charge in [-0.05, 0) is 43.5 Å². The van der Waals surface area contributed by atoms with E-state index in [4.69, 9.17) is 5.73 Å². The molecule has 2 heterocycles. The lowest BCUT2D eigenvalue weighted by Gasteiger charge is -2.35. The highest BCUT2D eigenvalue weighted by Gasteiger charge is 2.31. The highest BCUT2D eigenvalue weighted by atomic mass is 19.1. The maximum atomic E-state index is 13.4. The number of aliphatic imine (C=N–C) groups is 1. The maximum Gasteiger partial charge on any atom is 0.215 e. The van der Waals surface area contributed by atoms with E-state index in [2.05, 4.69) is 29.0 Å². The zero-order valence-corrected chi connectivity index (χ0v) is 13.7. The zero-order chi connectivity index (χ0) is 16.6. The van der Waals surface area contributed by atoms with Crippen molar-refractivity contribution < 1.29 is 4.39 Å². The SMILES string of the molecule is Cc1cc(-c2cccc(C3(C)CCN(C)C(N)=N3)c2)cnc1F. The number of hydrogen-bond acceptors (Lipinski definition) is 4. The summed E-state index contributed by atoms with van der Waals surface area (Å²) in [4.78, 5) is 10.4. The van der Waals surface area contributed by atoms with E-state index in [1.807, 2.05) is 30.1 Å². The van der Waals surface area contributed by atoms with Crippen LogP contribution in [0.2, 0.25) is 0 Å². The summed E-state index contributed by atoms with van der Waals surface area (Å²) in [7, 11) is 1.95. The van der Waals surface area contributed by atoms with E-state index in [1.165, 1.54) is 0 Å². The van der Waals surface area contributed by atoms with Crippen LogP contribution < -0.4 is 5.73 Å². The number of nitrogens with two attached hydrogens (primary N) is 1. The number of pyridine rings is 1. The number of hydrogen-bond donors (Lipinski definition) is 1. The molecule has 0 bridgehead atoms. The first-order chi connectivity index (χ1) is 10.9. The molecule has 0 radical (unpaired) electrons. The predicted molar refractivity (Wildman–Crippen MR) is 90.6 cm³/mol. The van der Waals surface area contributed by atoms with Gasteiger partial charge in [0.1, 0.15) is 0 Å². The standard InChI is InChI=1S/C18H21FN4/c1-12-9-14(11-21-16(12)19)13-5-4-6-15(10-13)18(2)7-8-23(3)17(20)22-18/h4-6,9-11H,7-8H2,1-3H3,(H2,20,22). The van der Waals surface area contributed by atoms with Gasteiger partial charge in [-0.2, -0.15) is 4.39 Å². The molecule has 1 unspecified atom stereocenters. The Hall–Kier alpha value is -2.43. The van der Waals surface area contributed by atoms with Gasteiger partial charge in [0, 0.05) is 30.9 Å². The topological polar surface area (TPSA) is 54.5 Å². The van der Waals surface area contributed by atoms with Crippen molar-refractivity contribution in [1.82, 2.24) is 9.88 Å². The average molecular weight is 312 g/mol. The molecule has 0 saturated heterocycles. The molecule has 0 saturated carbocycles. The summed E-state index contributed by atoms with van der Waals surface area (Å²) in [6.45, 7) is 4.69. The third-order valence-corrected chi connectivity index (χ3v) is 4.52. The van der Waals surface area contributed by atoms with Crippen molar-refractivity contribution in [1.29, 1.82) is 0 Å². The fourth-order valence-corrected chi connectivity index (χ4v) is 2.85. The number of aryl methyl sites for hydroxylation is 1. The molecule has 1 aliphatic rings. The van der Waals surface area contributed by atoms with E-state index in [0.717, 1.165) is 29.7 Å². The molecule has 0 spiro atoms. The quantitative estimate of drug-likeness (QED) is 0.867. The number of nitrogens with zero attached hydrogens (tertiary/aromatic N) is 3. The van der Waals surface area contributed by atoms with E-state index in [1.54, 1.807) is 13.1 Å². The fraction of sp³-hybridized carbons (Fsp3) is 0.333. The Labute approximate surface area is 135 Å². The van der Waals surface area contributed by atoms with Gasteiger partial charge >= 0.3 is 0 Å². The largest absolute Gasteiger partial charge is 0.370 e. The Kier molecular flexibility index (Phi) is 3.80. The Balaban J connectivity index is 2.01. The smallest absolute Gasteiger partial charge is 0.215 e. The van der Waals surface area contributed by atoms with E-state index in [0.29, 0.717) is 11.5 Å². The number of benzene rings is 1. The molecule has 1 aromatic heterocycles. The van der Waals surface area contributed by atoms with Gasteiger partial charge in [0.15, 0.2) is 5.96 Å². The van der Waals surface area contributed by atoms with Gasteiger partial charge in [-0.1, -0.05) is 18.2 Å². The van der Waals surface area contributed by atoms with Crippen molar-refractivity contribution in [3.63, 3.8) is 0 Å². The van der Waals surface area contributed by atoms with Crippen molar-refractivity contribution in [3.05, 3.63) is 53.6 Å². The molecule has 0 aliphatic carbocycles. The summed E-state index contributed by atoms with van der Waals surface area (Å²) < 4.78 is 13.4. The average Bonchev–Trinajstić information content (AvgIpc) is 2.54. The Morgan fingerprint density at radius 2 is 2.04 bits per heavy atom. The lowest BCUT2D eigenvalue weighted by atomic mass is 9.86. The number of aromatic nitrogens is 1. The predicted octanol–water partition coefficient (Wildman–Crippen LogP) is 3.06. The van der Waals surface area contributed by atoms with Crippen LogP contribution in [0.15, 0.2) is 41.5 Å². The highest BCUT2D eigenvalue weighted by molar-refractivity contribution is 5.79. The first-order valence-electron chi connectivity index (χ1n) is 7.68. The van der Waals surface area contributed by atoms with Crippen molar-refractivity contribution in [2.24, 2.45) is 10.7 Å². The summed E-state index contributed by atoms with van der Waals surface area (Å²) >= 11 is 0. The molecule has 1 aromatic carbocycles. The molecule has 5 heteroatoms. The molecule has 3 rings (SSSR count). The molecule has 4 nitrogen and oxygen atoms in total. The molecular formula is C18H21FN4. The number of halogens is 1. The van der Waals surface area contributed by atoms with E-state index in [-0.39, 0.29) is 5.54 Å². The first-order valence-corrected chi connectivity index (χ1v) is 7.68. The molecule has 1 aliphatic heterocycles. The van der Waals surface area contributed by atoms with Crippen LogP contribution >= 0.6 is 0 Å². The van der Waals surface area contributed by atoms with Gasteiger partial charge < -0.3 is 10.6 Å². The van der Waals surface area contributed by atoms with Gasteiger partial charge in [0.2, 0.25) is 5.95 Å². The number of rotatable bonds is 2. The van der Waals surface area contributed by atoms with Gasteiger partial charge in [-0.3, -0.25) is 0 Å². The molecule has 0 fully saturated rings. The van der Waals surface area contributed by atoms with Crippen LogP contribution in [-0.4, -0.2) is 29.4 Å². The van der Waals surface area contributed by atoms with Crippen molar-refractivity contribution >= 4 is 5.96 Å². The minimum atomic E-state index is -0.426. The van der Waals surface area contributed by atoms with Crippen LogP contribution in [-0.2, 0) is 5.54 Å². The summed E-state index contributed by atoms with van der Waals surface area (Å²) in [5.74, 6) is 0.132. The van der Waals surface area contributed by atoms with Crippen molar-refractivity contribution in [2.45, 2.75) is 25.8 Å². The zero-order valence-electron chi connectivity index (χ0n) is 13.7. The lowest BCUT2D eigenvalue weighted by Crippen LogP contribution is -2.43. The molecular weight excluding hydrogens is 291 g/mol. The van der Waals surface area contributed by atoms with E-state index in [9.17, 15) is 4.39 Å².